The van der Waals surface area contributed by atoms with Crippen LogP contribution in [0.2, 0.25) is 0 Å². The molecule has 3 aromatic rings. The van der Waals surface area contributed by atoms with E-state index in [1.165, 1.54) is 5.56 Å². The lowest BCUT2D eigenvalue weighted by molar-refractivity contribution is 0.314. The van der Waals surface area contributed by atoms with E-state index < -0.39 is 0 Å². The van der Waals surface area contributed by atoms with Gasteiger partial charge in [-0.05, 0) is 48.6 Å². The Balaban J connectivity index is 1.56. The summed E-state index contributed by atoms with van der Waals surface area (Å²) >= 11 is 0. The van der Waals surface area contributed by atoms with Crippen molar-refractivity contribution in [3.8, 4) is 0 Å². The van der Waals surface area contributed by atoms with E-state index in [1.54, 1.807) is 0 Å². The Morgan fingerprint density at radius 1 is 1.21 bits per heavy atom. The van der Waals surface area contributed by atoms with Gasteiger partial charge in [-0.2, -0.15) is 0 Å². The highest BCUT2D eigenvalue weighted by Crippen LogP contribution is 2.28. The number of nitrogens with one attached hydrogen (secondary N) is 2. The molecule has 3 heterocycles. The van der Waals surface area contributed by atoms with E-state index in [4.69, 9.17) is 4.63 Å². The number of anilines is 2. The summed E-state index contributed by atoms with van der Waals surface area (Å²) in [6, 6.07) is 4.63. The van der Waals surface area contributed by atoms with E-state index in [9.17, 15) is 0 Å². The lowest BCUT2D eigenvalue weighted by Crippen LogP contribution is -2.22. The lowest BCUT2D eigenvalue weighted by Gasteiger charge is -2.17. The molecule has 3 aromatic heterocycles. The predicted octanol–water partition coefficient (Wildman–Crippen LogP) is 2.33. The number of pyridine rings is 1. The molecule has 1 atom stereocenters. The van der Waals surface area contributed by atoms with Gasteiger partial charge >= 0.3 is 0 Å². The van der Waals surface area contributed by atoms with Crippen LogP contribution in [-0.2, 0) is 6.42 Å². The molecule has 0 aliphatic heterocycles. The van der Waals surface area contributed by atoms with Crippen molar-refractivity contribution >= 4 is 22.9 Å². The fraction of sp³-hybridized carbons (Fsp3) is 0.438. The normalized spacial score (nSPS) is 15.4. The second kappa shape index (κ2) is 6.03. The van der Waals surface area contributed by atoms with E-state index >= 15 is 0 Å². The number of nitrogens with zero attached hydrogens (tertiary/aromatic N) is 5. The van der Waals surface area contributed by atoms with Gasteiger partial charge in [0.05, 0.1) is 0 Å². The van der Waals surface area contributed by atoms with Gasteiger partial charge in [-0.3, -0.25) is 4.98 Å². The summed E-state index contributed by atoms with van der Waals surface area (Å²) in [5, 5.41) is 14.4. The molecule has 0 spiro atoms. The van der Waals surface area contributed by atoms with E-state index in [0.29, 0.717) is 29.0 Å². The summed E-state index contributed by atoms with van der Waals surface area (Å²) in [4.78, 5) is 13.4. The largest absolute Gasteiger partial charge is 0.364 e. The first-order valence-corrected chi connectivity index (χ1v) is 8.13. The monoisotopic (exact) mass is 325 g/mol. The molecule has 0 aromatic carbocycles. The van der Waals surface area contributed by atoms with Crippen LogP contribution in [0.5, 0.6) is 0 Å². The topological polar surface area (TPSA) is 102 Å². The van der Waals surface area contributed by atoms with Gasteiger partial charge in [-0.1, -0.05) is 6.07 Å². The minimum Gasteiger partial charge on any atom is -0.364 e. The highest BCUT2D eigenvalue weighted by atomic mass is 16.6. The van der Waals surface area contributed by atoms with Crippen LogP contribution >= 0.6 is 0 Å². The molecular weight excluding hydrogens is 306 g/mol. The average Bonchev–Trinajstić information content (AvgIpc) is 3.26. The molecule has 24 heavy (non-hydrogen) atoms. The van der Waals surface area contributed by atoms with Gasteiger partial charge in [-0.15, -0.1) is 0 Å². The Bertz CT molecular complexity index is 859. The number of fused-ring (bicyclic) bond motifs is 1. The third-order valence-corrected chi connectivity index (χ3v) is 4.03. The Labute approximate surface area is 139 Å². The smallest absolute Gasteiger partial charge is 0.245 e. The van der Waals surface area contributed by atoms with Gasteiger partial charge in [0.2, 0.25) is 11.3 Å². The van der Waals surface area contributed by atoms with Crippen LogP contribution in [-0.4, -0.2) is 37.3 Å². The molecule has 0 unspecified atom stereocenters. The van der Waals surface area contributed by atoms with E-state index in [2.05, 4.69) is 55.8 Å². The molecule has 0 bridgehead atoms. The van der Waals surface area contributed by atoms with Crippen LogP contribution in [0.25, 0.3) is 11.3 Å². The molecule has 0 saturated heterocycles. The Kier molecular flexibility index (Phi) is 3.72. The van der Waals surface area contributed by atoms with Crippen molar-refractivity contribution in [2.75, 3.05) is 10.6 Å². The van der Waals surface area contributed by atoms with Crippen molar-refractivity contribution in [3.63, 3.8) is 0 Å². The van der Waals surface area contributed by atoms with E-state index in [-0.39, 0.29) is 6.04 Å². The number of aryl methyl sites for hydroxylation is 1. The first-order valence-electron chi connectivity index (χ1n) is 8.13. The van der Waals surface area contributed by atoms with Crippen LogP contribution in [0.15, 0.2) is 23.0 Å². The molecule has 1 aliphatic rings. The molecule has 124 valence electrons. The summed E-state index contributed by atoms with van der Waals surface area (Å²) in [5.74, 6) is 1.37. The summed E-state index contributed by atoms with van der Waals surface area (Å²) in [5.41, 5.74) is 3.08. The zero-order chi connectivity index (χ0) is 16.5. The average molecular weight is 325 g/mol. The van der Waals surface area contributed by atoms with Crippen molar-refractivity contribution in [1.29, 1.82) is 0 Å². The lowest BCUT2D eigenvalue weighted by atomic mass is 10.1. The molecule has 2 N–H and O–H groups in total. The Morgan fingerprint density at radius 3 is 2.67 bits per heavy atom. The maximum Gasteiger partial charge on any atom is 0.245 e. The highest BCUT2D eigenvalue weighted by Gasteiger charge is 2.24. The predicted molar refractivity (Wildman–Crippen MR) is 89.8 cm³/mol. The first-order chi connectivity index (χ1) is 11.7. The summed E-state index contributed by atoms with van der Waals surface area (Å²) in [7, 11) is 0. The molecule has 0 amide bonds. The Hall–Kier alpha value is -2.77. The molecule has 8 heteroatoms. The number of rotatable bonds is 6. The van der Waals surface area contributed by atoms with Crippen LogP contribution in [0.1, 0.15) is 31.0 Å². The molecule has 1 aliphatic carbocycles. The van der Waals surface area contributed by atoms with Crippen LogP contribution in [0.4, 0.5) is 11.6 Å². The van der Waals surface area contributed by atoms with Crippen LogP contribution < -0.4 is 10.6 Å². The minimum absolute atomic E-state index is 0.143. The molecular formula is C16H19N7O. The first kappa shape index (κ1) is 14.8. The maximum absolute atomic E-state index is 4.72. The van der Waals surface area contributed by atoms with Gasteiger partial charge in [0.1, 0.15) is 0 Å². The van der Waals surface area contributed by atoms with Gasteiger partial charge in [0.25, 0.3) is 0 Å². The van der Waals surface area contributed by atoms with Crippen LogP contribution in [0, 0.1) is 6.92 Å². The molecule has 4 rings (SSSR count). The van der Waals surface area contributed by atoms with Gasteiger partial charge in [-0.25, -0.2) is 14.6 Å². The van der Waals surface area contributed by atoms with Crippen molar-refractivity contribution in [1.82, 2.24) is 25.3 Å². The van der Waals surface area contributed by atoms with E-state index in [1.807, 2.05) is 12.3 Å². The number of hydrogen-bond donors (Lipinski definition) is 2. The second-order valence-electron chi connectivity index (χ2n) is 6.27. The van der Waals surface area contributed by atoms with Gasteiger partial charge in [0, 0.05) is 30.4 Å². The molecule has 1 saturated carbocycles. The SMILES string of the molecule is Cc1cccnc1C[C@H](C)Nc1nc2nonc2nc1NC1CC1. The summed E-state index contributed by atoms with van der Waals surface area (Å²) < 4.78 is 4.72. The third-order valence-electron chi connectivity index (χ3n) is 4.03. The second-order valence-corrected chi connectivity index (χ2v) is 6.27. The highest BCUT2D eigenvalue weighted by molar-refractivity contribution is 5.73. The van der Waals surface area contributed by atoms with Crippen molar-refractivity contribution in [2.45, 2.75) is 45.2 Å². The zero-order valence-corrected chi connectivity index (χ0v) is 13.7. The van der Waals surface area contributed by atoms with Gasteiger partial charge in [0.15, 0.2) is 11.6 Å². The van der Waals surface area contributed by atoms with Crippen molar-refractivity contribution < 1.29 is 4.63 Å². The quantitative estimate of drug-likeness (QED) is 0.712. The number of aromatic nitrogens is 5. The Morgan fingerprint density at radius 2 is 1.96 bits per heavy atom. The van der Waals surface area contributed by atoms with Crippen molar-refractivity contribution in [2.24, 2.45) is 0 Å². The molecule has 1 fully saturated rings. The third kappa shape index (κ3) is 3.12. The van der Waals surface area contributed by atoms with Crippen molar-refractivity contribution in [3.05, 3.63) is 29.6 Å². The summed E-state index contributed by atoms with van der Waals surface area (Å²) in [6.45, 7) is 4.17. The maximum atomic E-state index is 4.72. The van der Waals surface area contributed by atoms with E-state index in [0.717, 1.165) is 25.0 Å². The minimum atomic E-state index is 0.143. The zero-order valence-electron chi connectivity index (χ0n) is 13.7. The molecule has 0 radical (unpaired) electrons. The molecule has 8 nitrogen and oxygen atoms in total. The standard InChI is InChI=1S/C16H19N7O/c1-9-4-3-7-17-12(9)8-10(2)18-13-14(19-11-5-6-11)21-16-15(20-13)22-24-23-16/h3-4,7,10-11H,5-6,8H2,1-2H3,(H,18,20,22)(H,19,21,23)/t10-/m0/s1. The summed E-state index contributed by atoms with van der Waals surface area (Å²) in [6.07, 6.45) is 4.92. The van der Waals surface area contributed by atoms with Gasteiger partial charge < -0.3 is 10.6 Å². The number of hydrogen-bond acceptors (Lipinski definition) is 8. The fourth-order valence-electron chi connectivity index (χ4n) is 2.57. The fourth-order valence-corrected chi connectivity index (χ4v) is 2.57. The van der Waals surface area contributed by atoms with Crippen LogP contribution in [0.3, 0.4) is 0 Å².